The molecule has 1 amide bonds. The maximum Gasteiger partial charge on any atom is 0.255 e. The molecule has 2 rings (SSSR count). The van der Waals surface area contributed by atoms with Crippen LogP contribution in [0.2, 0.25) is 10.0 Å². The summed E-state index contributed by atoms with van der Waals surface area (Å²) in [6, 6.07) is 5.31. The van der Waals surface area contributed by atoms with Crippen molar-refractivity contribution in [2.24, 2.45) is 5.92 Å². The largest absolute Gasteiger partial charge is 0.337 e. The molecule has 0 heterocycles. The topological polar surface area (TPSA) is 20.3 Å². The molecule has 1 aliphatic rings. The van der Waals surface area contributed by atoms with Gasteiger partial charge in [0.2, 0.25) is 5.91 Å². The number of rotatable bonds is 6. The monoisotopic (exact) mass is 335 g/mol. The van der Waals surface area contributed by atoms with E-state index in [1.807, 2.05) is 13.0 Å². The molecule has 0 aromatic heterocycles. The molecule has 116 valence electrons. The van der Waals surface area contributed by atoms with Gasteiger partial charge >= 0.3 is 0 Å². The van der Waals surface area contributed by atoms with Crippen molar-refractivity contribution in [1.29, 1.82) is 0 Å². The normalized spacial score (nSPS) is 20.7. The Morgan fingerprint density at radius 3 is 2.76 bits per heavy atom. The first-order valence-corrected chi connectivity index (χ1v) is 7.72. The van der Waals surface area contributed by atoms with E-state index in [2.05, 4.69) is 0 Å². The molecule has 0 radical (unpaired) electrons. The van der Waals surface area contributed by atoms with E-state index in [0.717, 1.165) is 5.56 Å². The quantitative estimate of drug-likeness (QED) is 0.743. The molecule has 1 aliphatic carbocycles. The predicted octanol–water partition coefficient (Wildman–Crippen LogP) is 4.60. The number of hydrogen-bond acceptors (Lipinski definition) is 1. The number of nitrogens with zero attached hydrogens (tertiary/aromatic N) is 1. The molecular weight excluding hydrogens is 319 g/mol. The fourth-order valence-corrected chi connectivity index (χ4v) is 3.03. The summed E-state index contributed by atoms with van der Waals surface area (Å²) in [4.78, 5) is 13.6. The van der Waals surface area contributed by atoms with Gasteiger partial charge in [0.25, 0.3) is 6.43 Å². The van der Waals surface area contributed by atoms with Gasteiger partial charge in [0.1, 0.15) is 0 Å². The summed E-state index contributed by atoms with van der Waals surface area (Å²) in [5.41, 5.74) is 0.830. The summed E-state index contributed by atoms with van der Waals surface area (Å²) in [5, 5.41) is 0.903. The number of halogens is 4. The fourth-order valence-electron chi connectivity index (χ4n) is 2.58. The summed E-state index contributed by atoms with van der Waals surface area (Å²) in [6.07, 6.45) is -1.21. The zero-order valence-electron chi connectivity index (χ0n) is 11.7. The molecule has 0 saturated heterocycles. The molecule has 1 aromatic carbocycles. The first-order chi connectivity index (χ1) is 9.95. The summed E-state index contributed by atoms with van der Waals surface area (Å²) < 4.78 is 25.1. The van der Waals surface area contributed by atoms with Gasteiger partial charge in [0, 0.05) is 12.5 Å². The van der Waals surface area contributed by atoms with E-state index in [1.54, 1.807) is 12.1 Å². The van der Waals surface area contributed by atoms with E-state index in [1.165, 1.54) is 4.90 Å². The van der Waals surface area contributed by atoms with E-state index in [4.69, 9.17) is 23.2 Å². The SMILES string of the molecule is CCCN(CC(F)F)C(=O)C1CC1c1cccc(Cl)c1Cl. The smallest absolute Gasteiger partial charge is 0.255 e. The zero-order chi connectivity index (χ0) is 15.6. The van der Waals surface area contributed by atoms with Gasteiger partial charge in [-0.2, -0.15) is 0 Å². The van der Waals surface area contributed by atoms with Gasteiger partial charge in [0.15, 0.2) is 0 Å². The van der Waals surface area contributed by atoms with Crippen LogP contribution < -0.4 is 0 Å². The third kappa shape index (κ3) is 3.86. The van der Waals surface area contributed by atoms with E-state index < -0.39 is 13.0 Å². The van der Waals surface area contributed by atoms with Gasteiger partial charge < -0.3 is 4.90 Å². The van der Waals surface area contributed by atoms with Crippen molar-refractivity contribution >= 4 is 29.1 Å². The molecule has 0 N–H and O–H groups in total. The van der Waals surface area contributed by atoms with Crippen molar-refractivity contribution in [2.75, 3.05) is 13.1 Å². The number of benzene rings is 1. The molecule has 1 aromatic rings. The molecule has 1 saturated carbocycles. The highest BCUT2D eigenvalue weighted by atomic mass is 35.5. The van der Waals surface area contributed by atoms with Gasteiger partial charge in [-0.3, -0.25) is 4.79 Å². The Labute approximate surface area is 133 Å². The maximum atomic E-state index is 12.6. The summed E-state index contributed by atoms with van der Waals surface area (Å²) in [5.74, 6) is -0.481. The number of carbonyl (C=O) groups is 1. The highest BCUT2D eigenvalue weighted by molar-refractivity contribution is 6.42. The van der Waals surface area contributed by atoms with Gasteiger partial charge in [-0.1, -0.05) is 42.3 Å². The van der Waals surface area contributed by atoms with Crippen LogP contribution in [0, 0.1) is 5.92 Å². The summed E-state index contributed by atoms with van der Waals surface area (Å²) in [6.45, 7) is 1.72. The molecule has 21 heavy (non-hydrogen) atoms. The Morgan fingerprint density at radius 2 is 2.14 bits per heavy atom. The van der Waals surface area contributed by atoms with Crippen molar-refractivity contribution in [3.63, 3.8) is 0 Å². The summed E-state index contributed by atoms with van der Waals surface area (Å²) in [7, 11) is 0. The molecule has 2 atom stereocenters. The average molecular weight is 336 g/mol. The molecule has 6 heteroatoms. The third-order valence-corrected chi connectivity index (χ3v) is 4.49. The van der Waals surface area contributed by atoms with Crippen LogP contribution >= 0.6 is 23.2 Å². The fraction of sp³-hybridized carbons (Fsp3) is 0.533. The highest BCUT2D eigenvalue weighted by Gasteiger charge is 2.46. The Hall–Kier alpha value is -0.870. The van der Waals surface area contributed by atoms with E-state index >= 15 is 0 Å². The number of alkyl halides is 2. The van der Waals surface area contributed by atoms with Crippen molar-refractivity contribution in [3.8, 4) is 0 Å². The standard InChI is InChI=1S/C15H17Cl2F2NO/c1-2-6-20(8-13(18)19)15(21)11-7-10(11)9-4-3-5-12(16)14(9)17/h3-5,10-11,13H,2,6-8H2,1H3. The van der Waals surface area contributed by atoms with E-state index in [-0.39, 0.29) is 17.7 Å². The van der Waals surface area contributed by atoms with Crippen LogP contribution in [0.15, 0.2) is 18.2 Å². The number of hydrogen-bond donors (Lipinski definition) is 0. The molecule has 0 bridgehead atoms. The Balaban J connectivity index is 2.07. The average Bonchev–Trinajstić information content (AvgIpc) is 3.20. The lowest BCUT2D eigenvalue weighted by Crippen LogP contribution is -2.37. The first kappa shape index (κ1) is 16.5. The third-order valence-electron chi connectivity index (χ3n) is 3.65. The second-order valence-corrected chi connectivity index (χ2v) is 6.05. The Kier molecular flexibility index (Phi) is 5.44. The first-order valence-electron chi connectivity index (χ1n) is 6.96. The van der Waals surface area contributed by atoms with Crippen molar-refractivity contribution in [3.05, 3.63) is 33.8 Å². The minimum absolute atomic E-state index is 0.0132. The number of amides is 1. The molecule has 1 fully saturated rings. The second-order valence-electron chi connectivity index (χ2n) is 5.27. The van der Waals surface area contributed by atoms with Crippen LogP contribution in [-0.2, 0) is 4.79 Å². The molecule has 0 aliphatic heterocycles. The lowest BCUT2D eigenvalue weighted by molar-refractivity contribution is -0.134. The van der Waals surface area contributed by atoms with Crippen LogP contribution in [0.3, 0.4) is 0 Å². The Bertz CT molecular complexity index is 524. The molecule has 0 spiro atoms. The van der Waals surface area contributed by atoms with Crippen molar-refractivity contribution in [1.82, 2.24) is 4.90 Å². The zero-order valence-corrected chi connectivity index (χ0v) is 13.2. The van der Waals surface area contributed by atoms with Gasteiger partial charge in [-0.05, 0) is 30.4 Å². The molecule has 2 unspecified atom stereocenters. The van der Waals surface area contributed by atoms with Gasteiger partial charge in [-0.15, -0.1) is 0 Å². The van der Waals surface area contributed by atoms with Crippen LogP contribution in [0.5, 0.6) is 0 Å². The highest BCUT2D eigenvalue weighted by Crippen LogP contribution is 2.51. The van der Waals surface area contributed by atoms with E-state index in [0.29, 0.717) is 29.4 Å². The van der Waals surface area contributed by atoms with Crippen LogP contribution in [0.1, 0.15) is 31.2 Å². The van der Waals surface area contributed by atoms with Crippen molar-refractivity contribution in [2.45, 2.75) is 32.1 Å². The van der Waals surface area contributed by atoms with E-state index in [9.17, 15) is 13.6 Å². The number of carbonyl (C=O) groups excluding carboxylic acids is 1. The van der Waals surface area contributed by atoms with Gasteiger partial charge in [-0.25, -0.2) is 8.78 Å². The Morgan fingerprint density at radius 1 is 1.43 bits per heavy atom. The minimum Gasteiger partial charge on any atom is -0.337 e. The molecular formula is C15H17Cl2F2NO. The minimum atomic E-state index is -2.51. The lowest BCUT2D eigenvalue weighted by atomic mass is 10.1. The van der Waals surface area contributed by atoms with Crippen LogP contribution in [-0.4, -0.2) is 30.3 Å². The van der Waals surface area contributed by atoms with Crippen LogP contribution in [0.25, 0.3) is 0 Å². The van der Waals surface area contributed by atoms with Crippen molar-refractivity contribution < 1.29 is 13.6 Å². The second kappa shape index (κ2) is 6.93. The lowest BCUT2D eigenvalue weighted by Gasteiger charge is -2.22. The predicted molar refractivity (Wildman–Crippen MR) is 80.2 cm³/mol. The van der Waals surface area contributed by atoms with Gasteiger partial charge in [0.05, 0.1) is 16.6 Å². The maximum absolute atomic E-state index is 12.6. The molecule has 2 nitrogen and oxygen atoms in total. The van der Waals surface area contributed by atoms with Crippen LogP contribution in [0.4, 0.5) is 8.78 Å². The summed E-state index contributed by atoms with van der Waals surface area (Å²) >= 11 is 12.1.